The molecular weight excluding hydrogens is 348 g/mol. The van der Waals surface area contributed by atoms with Crippen LogP contribution in [0.5, 0.6) is 11.5 Å². The number of carboxylic acids is 1. The van der Waals surface area contributed by atoms with Crippen LogP contribution >= 0.6 is 0 Å². The molecule has 0 unspecified atom stereocenters. The second-order valence-corrected chi connectivity index (χ2v) is 5.74. The van der Waals surface area contributed by atoms with E-state index in [2.05, 4.69) is 5.10 Å². The Morgan fingerprint density at radius 3 is 2.59 bits per heavy atom. The third kappa shape index (κ3) is 3.82. The highest BCUT2D eigenvalue weighted by atomic mass is 16.5. The van der Waals surface area contributed by atoms with Crippen LogP contribution in [-0.2, 0) is 9.59 Å². The zero-order valence-corrected chi connectivity index (χ0v) is 14.8. The van der Waals surface area contributed by atoms with E-state index in [1.54, 1.807) is 43.3 Å². The van der Waals surface area contributed by atoms with Gasteiger partial charge in [0, 0.05) is 5.56 Å². The fraction of sp³-hybridized carbons (Fsp3) is 0.150. The maximum atomic E-state index is 12.8. The van der Waals surface area contributed by atoms with Crippen molar-refractivity contribution in [3.05, 3.63) is 59.7 Å². The summed E-state index contributed by atoms with van der Waals surface area (Å²) in [5, 5.41) is 16.4. The lowest BCUT2D eigenvalue weighted by Crippen LogP contribution is -2.29. The molecule has 0 radical (unpaired) electrons. The maximum Gasteiger partial charge on any atom is 0.280 e. The van der Waals surface area contributed by atoms with Gasteiger partial charge in [-0.25, -0.2) is 0 Å². The molecule has 3 rings (SSSR count). The number of amides is 1. The maximum absolute atomic E-state index is 12.8. The third-order valence-corrected chi connectivity index (χ3v) is 3.93. The summed E-state index contributed by atoms with van der Waals surface area (Å²) in [4.78, 5) is 23.6. The van der Waals surface area contributed by atoms with E-state index >= 15 is 0 Å². The molecule has 0 saturated heterocycles. The van der Waals surface area contributed by atoms with Crippen molar-refractivity contribution >= 4 is 29.4 Å². The van der Waals surface area contributed by atoms with Crippen LogP contribution in [0.4, 0.5) is 5.69 Å². The Kier molecular flexibility index (Phi) is 5.21. The quantitative estimate of drug-likeness (QED) is 0.726. The predicted molar refractivity (Wildman–Crippen MR) is 98.5 cm³/mol. The first kappa shape index (κ1) is 18.2. The van der Waals surface area contributed by atoms with Crippen molar-refractivity contribution in [3.63, 3.8) is 0 Å². The molecule has 1 amide bonds. The Balaban J connectivity index is 1.98. The highest BCUT2D eigenvalue weighted by Crippen LogP contribution is 2.34. The van der Waals surface area contributed by atoms with Crippen LogP contribution in [-0.4, -0.2) is 31.3 Å². The molecule has 0 aromatic heterocycles. The van der Waals surface area contributed by atoms with Gasteiger partial charge in [-0.3, -0.25) is 4.79 Å². The Labute approximate surface area is 156 Å². The first-order chi connectivity index (χ1) is 13.0. The summed E-state index contributed by atoms with van der Waals surface area (Å²) in [6.45, 7) is 1.10. The zero-order valence-electron chi connectivity index (χ0n) is 14.8. The number of aliphatic carboxylic acids is 1. The van der Waals surface area contributed by atoms with Crippen LogP contribution < -0.4 is 19.6 Å². The van der Waals surface area contributed by atoms with Crippen LogP contribution in [0.15, 0.2) is 59.2 Å². The number of nitrogens with zero attached hydrogens (tertiary/aromatic N) is 2. The first-order valence-electron chi connectivity index (χ1n) is 8.17. The number of carboxylic acid groups (broad SMARTS) is 1. The zero-order chi connectivity index (χ0) is 19.4. The molecule has 27 heavy (non-hydrogen) atoms. The number of ether oxygens (including phenoxy) is 2. The van der Waals surface area contributed by atoms with E-state index in [1.807, 2.05) is 18.2 Å². The van der Waals surface area contributed by atoms with Crippen LogP contribution in [0.3, 0.4) is 0 Å². The van der Waals surface area contributed by atoms with Gasteiger partial charge in [0.1, 0.15) is 6.61 Å². The standard InChI is InChI=1S/C20H18N2O5/c1-13-16(20(25)22(21-13)15-8-4-3-5-9-15)11-14-7-6-10-17(26-2)19(14)27-12-18(23)24/h3-11H,12H2,1-2H3,(H,23,24)/p-1/b16-11-. The molecule has 0 N–H and O–H groups in total. The number of methoxy groups -OCH3 is 1. The van der Waals surface area contributed by atoms with Crippen molar-refractivity contribution in [2.75, 3.05) is 18.7 Å². The lowest BCUT2D eigenvalue weighted by Gasteiger charge is -2.14. The van der Waals surface area contributed by atoms with Gasteiger partial charge in [0.25, 0.3) is 5.91 Å². The van der Waals surface area contributed by atoms with Crippen molar-refractivity contribution in [2.45, 2.75) is 6.92 Å². The molecule has 2 aromatic rings. The monoisotopic (exact) mass is 365 g/mol. The van der Waals surface area contributed by atoms with Crippen LogP contribution in [0, 0.1) is 0 Å². The molecule has 1 aliphatic heterocycles. The number of benzene rings is 2. The van der Waals surface area contributed by atoms with E-state index < -0.39 is 12.6 Å². The van der Waals surface area contributed by atoms with Crippen LogP contribution in [0.2, 0.25) is 0 Å². The van der Waals surface area contributed by atoms with E-state index in [9.17, 15) is 14.7 Å². The topological polar surface area (TPSA) is 91.3 Å². The van der Waals surface area contributed by atoms with Crippen LogP contribution in [0.1, 0.15) is 12.5 Å². The summed E-state index contributed by atoms with van der Waals surface area (Å²) in [5.41, 5.74) is 2.08. The lowest BCUT2D eigenvalue weighted by molar-refractivity contribution is -0.307. The average molecular weight is 365 g/mol. The van der Waals surface area contributed by atoms with Crippen LogP contribution in [0.25, 0.3) is 6.08 Å². The van der Waals surface area contributed by atoms with Crippen molar-refractivity contribution in [1.29, 1.82) is 0 Å². The highest BCUT2D eigenvalue weighted by Gasteiger charge is 2.29. The molecule has 0 fully saturated rings. The molecular formula is C20H17N2O5-. The SMILES string of the molecule is COc1cccc(/C=C2\C(=O)N(c3ccccc3)N=C2C)c1OCC(=O)[O-]. The Hall–Kier alpha value is -3.61. The molecule has 0 spiro atoms. The number of hydrogen-bond acceptors (Lipinski definition) is 6. The fourth-order valence-corrected chi connectivity index (χ4v) is 2.68. The van der Waals surface area contributed by atoms with Gasteiger partial charge in [-0.2, -0.15) is 10.1 Å². The molecule has 0 saturated carbocycles. The van der Waals surface area contributed by atoms with Crippen molar-refractivity contribution < 1.29 is 24.2 Å². The van der Waals surface area contributed by atoms with Crippen molar-refractivity contribution in [1.82, 2.24) is 0 Å². The largest absolute Gasteiger partial charge is 0.546 e. The Morgan fingerprint density at radius 2 is 1.93 bits per heavy atom. The third-order valence-electron chi connectivity index (χ3n) is 3.93. The second kappa shape index (κ2) is 7.74. The summed E-state index contributed by atoms with van der Waals surface area (Å²) >= 11 is 0. The molecule has 0 atom stereocenters. The molecule has 1 aliphatic rings. The minimum absolute atomic E-state index is 0.218. The normalized spacial score (nSPS) is 15.0. The number of hydrazone groups is 1. The summed E-state index contributed by atoms with van der Waals surface area (Å²) in [6.07, 6.45) is 1.61. The van der Waals surface area contributed by atoms with Gasteiger partial charge in [0.05, 0.1) is 30.1 Å². The summed E-state index contributed by atoms with van der Waals surface area (Å²) < 4.78 is 10.6. The Morgan fingerprint density at radius 1 is 1.19 bits per heavy atom. The van der Waals surface area contributed by atoms with Crippen molar-refractivity contribution in [2.24, 2.45) is 5.10 Å². The predicted octanol–water partition coefficient (Wildman–Crippen LogP) is 1.63. The smallest absolute Gasteiger partial charge is 0.280 e. The van der Waals surface area contributed by atoms with E-state index in [0.29, 0.717) is 28.3 Å². The van der Waals surface area contributed by atoms with Gasteiger partial charge in [-0.15, -0.1) is 0 Å². The number of carbonyl (C=O) groups is 2. The van der Waals surface area contributed by atoms with Gasteiger partial charge >= 0.3 is 0 Å². The van der Waals surface area contributed by atoms with Crippen molar-refractivity contribution in [3.8, 4) is 11.5 Å². The van der Waals surface area contributed by atoms with Gasteiger partial charge in [-0.1, -0.05) is 30.3 Å². The van der Waals surface area contributed by atoms with E-state index in [4.69, 9.17) is 9.47 Å². The van der Waals surface area contributed by atoms with Gasteiger partial charge in [0.15, 0.2) is 11.5 Å². The minimum Gasteiger partial charge on any atom is -0.546 e. The van der Waals surface area contributed by atoms with E-state index in [-0.39, 0.29) is 11.7 Å². The minimum atomic E-state index is -1.36. The van der Waals surface area contributed by atoms with Gasteiger partial charge in [0.2, 0.25) is 0 Å². The lowest BCUT2D eigenvalue weighted by atomic mass is 10.1. The molecule has 1 heterocycles. The molecule has 7 heteroatoms. The number of carbonyl (C=O) groups excluding carboxylic acids is 2. The molecule has 0 bridgehead atoms. The summed E-state index contributed by atoms with van der Waals surface area (Å²) in [5.74, 6) is -1.07. The molecule has 7 nitrogen and oxygen atoms in total. The highest BCUT2D eigenvalue weighted by molar-refractivity contribution is 6.32. The number of rotatable bonds is 6. The van der Waals surface area contributed by atoms with Gasteiger partial charge in [-0.05, 0) is 31.2 Å². The number of anilines is 1. The van der Waals surface area contributed by atoms with E-state index in [0.717, 1.165) is 0 Å². The molecule has 138 valence electrons. The number of para-hydroxylation sites is 2. The fourth-order valence-electron chi connectivity index (χ4n) is 2.68. The average Bonchev–Trinajstić information content (AvgIpc) is 2.95. The van der Waals surface area contributed by atoms with Gasteiger partial charge < -0.3 is 19.4 Å². The molecule has 0 aliphatic carbocycles. The number of hydrogen-bond donors (Lipinski definition) is 0. The summed E-state index contributed by atoms with van der Waals surface area (Å²) in [6, 6.07) is 14.1. The molecule has 2 aromatic carbocycles. The second-order valence-electron chi connectivity index (χ2n) is 5.74. The first-order valence-corrected chi connectivity index (χ1v) is 8.17. The Bertz CT molecular complexity index is 935. The summed E-state index contributed by atoms with van der Waals surface area (Å²) in [7, 11) is 1.45. The van der Waals surface area contributed by atoms with E-state index in [1.165, 1.54) is 12.1 Å².